The second-order valence-electron chi connectivity index (χ2n) is 4.71. The van der Waals surface area contributed by atoms with Crippen LogP contribution in [-0.2, 0) is 0 Å². The van der Waals surface area contributed by atoms with Crippen LogP contribution >= 0.6 is 0 Å². The first-order valence-electron chi connectivity index (χ1n) is 5.99. The molecule has 0 saturated heterocycles. The first-order valence-corrected chi connectivity index (χ1v) is 5.99. The lowest BCUT2D eigenvalue weighted by molar-refractivity contribution is 0.400. The fourth-order valence-corrected chi connectivity index (χ4v) is 1.66. The van der Waals surface area contributed by atoms with E-state index in [0.717, 1.165) is 17.9 Å². The second-order valence-corrected chi connectivity index (χ2v) is 4.71. The fourth-order valence-electron chi connectivity index (χ4n) is 1.66. The van der Waals surface area contributed by atoms with Gasteiger partial charge < -0.3 is 5.32 Å². The molecule has 2 atom stereocenters. The van der Waals surface area contributed by atoms with Crippen LogP contribution in [-0.4, -0.2) is 12.6 Å². The Hall–Kier alpha value is -0.0400. The highest BCUT2D eigenvalue weighted by Crippen LogP contribution is 2.34. The molecule has 1 saturated carbocycles. The minimum absolute atomic E-state index is 0.793. The van der Waals surface area contributed by atoms with E-state index >= 15 is 0 Å². The summed E-state index contributed by atoms with van der Waals surface area (Å²) in [5, 5.41) is 3.69. The largest absolute Gasteiger partial charge is 0.314 e. The molecule has 0 aromatic rings. The van der Waals surface area contributed by atoms with Gasteiger partial charge >= 0.3 is 0 Å². The van der Waals surface area contributed by atoms with Gasteiger partial charge in [0.15, 0.2) is 0 Å². The molecule has 1 aliphatic carbocycles. The number of hydrogen-bond donors (Lipinski definition) is 1. The van der Waals surface area contributed by atoms with Crippen LogP contribution < -0.4 is 5.32 Å². The molecule has 0 heterocycles. The summed E-state index contributed by atoms with van der Waals surface area (Å²) in [5.41, 5.74) is 0. The summed E-state index contributed by atoms with van der Waals surface area (Å²) < 4.78 is 0. The Balaban J connectivity index is 2.07. The third-order valence-corrected chi connectivity index (χ3v) is 3.26. The number of nitrogens with one attached hydrogen (secondary N) is 1. The van der Waals surface area contributed by atoms with Gasteiger partial charge in [0.25, 0.3) is 0 Å². The molecule has 0 amide bonds. The molecular formula is C12H25N. The molecular weight excluding hydrogens is 158 g/mol. The van der Waals surface area contributed by atoms with E-state index in [1.165, 1.54) is 38.6 Å². The third kappa shape index (κ3) is 4.66. The Morgan fingerprint density at radius 2 is 1.92 bits per heavy atom. The molecule has 1 rings (SSSR count). The highest BCUT2D eigenvalue weighted by Gasteiger charge is 2.24. The molecule has 0 spiro atoms. The van der Waals surface area contributed by atoms with Crippen LogP contribution in [0.25, 0.3) is 0 Å². The van der Waals surface area contributed by atoms with Gasteiger partial charge in [-0.3, -0.25) is 0 Å². The summed E-state index contributed by atoms with van der Waals surface area (Å²) in [5.74, 6) is 1.91. The van der Waals surface area contributed by atoms with Gasteiger partial charge in [0.05, 0.1) is 0 Å². The first-order chi connectivity index (χ1) is 6.26. The van der Waals surface area contributed by atoms with E-state index in [9.17, 15) is 0 Å². The van der Waals surface area contributed by atoms with Gasteiger partial charge in [0, 0.05) is 6.04 Å². The van der Waals surface area contributed by atoms with Crippen molar-refractivity contribution in [3.8, 4) is 0 Å². The summed E-state index contributed by atoms with van der Waals surface area (Å²) in [6.45, 7) is 8.11. The van der Waals surface area contributed by atoms with Crippen LogP contribution in [0.2, 0.25) is 0 Å². The topological polar surface area (TPSA) is 12.0 Å². The Morgan fingerprint density at radius 1 is 1.23 bits per heavy atom. The summed E-state index contributed by atoms with van der Waals surface area (Å²) in [4.78, 5) is 0. The Morgan fingerprint density at radius 3 is 2.38 bits per heavy atom. The maximum absolute atomic E-state index is 3.69. The van der Waals surface area contributed by atoms with E-state index in [2.05, 4.69) is 26.1 Å². The van der Waals surface area contributed by atoms with Gasteiger partial charge in [0.2, 0.25) is 0 Å². The highest BCUT2D eigenvalue weighted by molar-refractivity contribution is 4.79. The van der Waals surface area contributed by atoms with Gasteiger partial charge in [0.1, 0.15) is 0 Å². The third-order valence-electron chi connectivity index (χ3n) is 3.26. The van der Waals surface area contributed by atoms with Crippen molar-refractivity contribution in [3.05, 3.63) is 0 Å². The van der Waals surface area contributed by atoms with Gasteiger partial charge in [-0.2, -0.15) is 0 Å². The average molecular weight is 183 g/mol. The molecule has 2 unspecified atom stereocenters. The smallest absolute Gasteiger partial charge is 0.00671 e. The van der Waals surface area contributed by atoms with E-state index in [-0.39, 0.29) is 0 Å². The van der Waals surface area contributed by atoms with Crippen molar-refractivity contribution in [2.24, 2.45) is 11.8 Å². The average Bonchev–Trinajstić information content (AvgIpc) is 2.95. The van der Waals surface area contributed by atoms with Crippen LogP contribution in [0.5, 0.6) is 0 Å². The van der Waals surface area contributed by atoms with Crippen molar-refractivity contribution in [2.45, 2.75) is 58.9 Å². The maximum Gasteiger partial charge on any atom is 0.00671 e. The maximum atomic E-state index is 3.69. The summed E-state index contributed by atoms with van der Waals surface area (Å²) in [6.07, 6.45) is 7.00. The quantitative estimate of drug-likeness (QED) is 0.639. The van der Waals surface area contributed by atoms with Crippen molar-refractivity contribution in [2.75, 3.05) is 6.54 Å². The SMILES string of the molecule is CCC(C)CNC(CC)CC1CC1. The first kappa shape index (κ1) is 11.0. The number of hydrogen-bond acceptors (Lipinski definition) is 1. The van der Waals surface area contributed by atoms with Gasteiger partial charge in [-0.05, 0) is 31.2 Å². The molecule has 1 aliphatic rings. The second kappa shape index (κ2) is 5.64. The molecule has 0 bridgehead atoms. The molecule has 1 heteroatoms. The minimum Gasteiger partial charge on any atom is -0.314 e. The lowest BCUT2D eigenvalue weighted by Crippen LogP contribution is -2.32. The minimum atomic E-state index is 0.793. The number of rotatable bonds is 7. The Labute approximate surface area is 83.3 Å². The van der Waals surface area contributed by atoms with Crippen LogP contribution in [0.1, 0.15) is 52.9 Å². The fraction of sp³-hybridized carbons (Fsp3) is 1.00. The predicted octanol–water partition coefficient (Wildman–Crippen LogP) is 3.20. The summed E-state index contributed by atoms with van der Waals surface area (Å²) in [6, 6.07) is 0.793. The molecule has 0 aliphatic heterocycles. The standard InChI is InChI=1S/C12H25N/c1-4-10(3)9-13-12(5-2)8-11-6-7-11/h10-13H,4-9H2,1-3H3. The van der Waals surface area contributed by atoms with Gasteiger partial charge in [-0.15, -0.1) is 0 Å². The van der Waals surface area contributed by atoms with E-state index in [1.807, 2.05) is 0 Å². The molecule has 1 fully saturated rings. The molecule has 0 aromatic heterocycles. The van der Waals surface area contributed by atoms with Crippen molar-refractivity contribution < 1.29 is 0 Å². The molecule has 13 heavy (non-hydrogen) atoms. The monoisotopic (exact) mass is 183 g/mol. The zero-order valence-corrected chi connectivity index (χ0v) is 9.47. The van der Waals surface area contributed by atoms with Crippen LogP contribution in [0.15, 0.2) is 0 Å². The van der Waals surface area contributed by atoms with Crippen molar-refractivity contribution in [1.29, 1.82) is 0 Å². The molecule has 78 valence electrons. The summed E-state index contributed by atoms with van der Waals surface area (Å²) in [7, 11) is 0. The van der Waals surface area contributed by atoms with Crippen molar-refractivity contribution >= 4 is 0 Å². The summed E-state index contributed by atoms with van der Waals surface area (Å²) >= 11 is 0. The molecule has 1 nitrogen and oxygen atoms in total. The van der Waals surface area contributed by atoms with Crippen molar-refractivity contribution in [1.82, 2.24) is 5.32 Å². The van der Waals surface area contributed by atoms with E-state index < -0.39 is 0 Å². The normalized spacial score (nSPS) is 21.5. The Kier molecular flexibility index (Phi) is 4.79. The lowest BCUT2D eigenvalue weighted by atomic mass is 10.1. The molecule has 1 N–H and O–H groups in total. The van der Waals surface area contributed by atoms with Crippen molar-refractivity contribution in [3.63, 3.8) is 0 Å². The highest BCUT2D eigenvalue weighted by atomic mass is 14.9. The van der Waals surface area contributed by atoms with Gasteiger partial charge in [-0.1, -0.05) is 40.0 Å². The zero-order chi connectivity index (χ0) is 9.68. The lowest BCUT2D eigenvalue weighted by Gasteiger charge is -2.19. The van der Waals surface area contributed by atoms with E-state index in [4.69, 9.17) is 0 Å². The van der Waals surface area contributed by atoms with Crippen LogP contribution in [0, 0.1) is 11.8 Å². The van der Waals surface area contributed by atoms with E-state index in [0.29, 0.717) is 0 Å². The zero-order valence-electron chi connectivity index (χ0n) is 9.47. The Bertz CT molecular complexity index is 129. The predicted molar refractivity (Wildman–Crippen MR) is 58.9 cm³/mol. The van der Waals surface area contributed by atoms with Crippen LogP contribution in [0.4, 0.5) is 0 Å². The molecule has 0 aromatic carbocycles. The molecule has 0 radical (unpaired) electrons. The van der Waals surface area contributed by atoms with E-state index in [1.54, 1.807) is 0 Å². The van der Waals surface area contributed by atoms with Gasteiger partial charge in [-0.25, -0.2) is 0 Å². The van der Waals surface area contributed by atoms with Crippen LogP contribution in [0.3, 0.4) is 0 Å².